The summed E-state index contributed by atoms with van der Waals surface area (Å²) in [5.74, 6) is 0.857. The number of hydrogen-bond donors (Lipinski definition) is 1. The van der Waals surface area contributed by atoms with E-state index in [9.17, 15) is 0 Å². The van der Waals surface area contributed by atoms with Crippen molar-refractivity contribution in [2.45, 2.75) is 38.3 Å². The highest BCUT2D eigenvalue weighted by molar-refractivity contribution is 4.86. The third-order valence-electron chi connectivity index (χ3n) is 4.00. The van der Waals surface area contributed by atoms with Crippen LogP contribution in [0.15, 0.2) is 0 Å². The Morgan fingerprint density at radius 2 is 2.27 bits per heavy atom. The Labute approximate surface area is 93.2 Å². The molecule has 1 saturated heterocycles. The van der Waals surface area contributed by atoms with Crippen molar-refractivity contribution in [2.75, 3.05) is 33.4 Å². The molecule has 2 rings (SSSR count). The lowest BCUT2D eigenvalue weighted by molar-refractivity contribution is -0.00829. The third kappa shape index (κ3) is 2.71. The maximum atomic E-state index is 5.47. The molecule has 1 aliphatic heterocycles. The van der Waals surface area contributed by atoms with Crippen LogP contribution in [0.25, 0.3) is 0 Å². The van der Waals surface area contributed by atoms with E-state index in [1.54, 1.807) is 0 Å². The molecule has 0 bridgehead atoms. The van der Waals surface area contributed by atoms with Crippen molar-refractivity contribution in [2.24, 2.45) is 5.92 Å². The van der Waals surface area contributed by atoms with Gasteiger partial charge in [0.05, 0.1) is 13.2 Å². The second-order valence-electron chi connectivity index (χ2n) is 5.01. The first-order valence-corrected chi connectivity index (χ1v) is 6.30. The van der Waals surface area contributed by atoms with Gasteiger partial charge >= 0.3 is 0 Å². The van der Waals surface area contributed by atoms with Gasteiger partial charge in [-0.15, -0.1) is 0 Å². The molecule has 3 nitrogen and oxygen atoms in total. The average Bonchev–Trinajstić information content (AvgIpc) is 2.69. The van der Waals surface area contributed by atoms with E-state index in [-0.39, 0.29) is 0 Å². The van der Waals surface area contributed by atoms with Gasteiger partial charge in [-0.2, -0.15) is 0 Å². The molecule has 1 aliphatic carbocycles. The standard InChI is InChI=1S/C12H24N2O/c1-10-9-15-7-6-14(10)8-11-4-3-5-12(11)13-2/h10-13H,3-9H2,1-2H3. The molecule has 88 valence electrons. The van der Waals surface area contributed by atoms with Gasteiger partial charge in [0.15, 0.2) is 0 Å². The Hall–Kier alpha value is -0.120. The highest BCUT2D eigenvalue weighted by Crippen LogP contribution is 2.27. The molecule has 15 heavy (non-hydrogen) atoms. The van der Waals surface area contributed by atoms with Crippen molar-refractivity contribution < 1.29 is 4.74 Å². The zero-order chi connectivity index (χ0) is 10.7. The first-order valence-electron chi connectivity index (χ1n) is 6.30. The maximum absolute atomic E-state index is 5.47. The normalized spacial score (nSPS) is 38.4. The van der Waals surface area contributed by atoms with Gasteiger partial charge in [0, 0.05) is 25.2 Å². The highest BCUT2D eigenvalue weighted by Gasteiger charge is 2.29. The summed E-state index contributed by atoms with van der Waals surface area (Å²) in [6, 6.07) is 1.36. The van der Waals surface area contributed by atoms with Crippen molar-refractivity contribution in [3.63, 3.8) is 0 Å². The van der Waals surface area contributed by atoms with E-state index in [1.165, 1.54) is 25.8 Å². The molecule has 2 fully saturated rings. The van der Waals surface area contributed by atoms with Gasteiger partial charge in [-0.05, 0) is 32.7 Å². The number of ether oxygens (including phenoxy) is 1. The topological polar surface area (TPSA) is 24.5 Å². The minimum atomic E-state index is 0.608. The fourth-order valence-corrected chi connectivity index (χ4v) is 2.97. The molecule has 0 aromatic heterocycles. The van der Waals surface area contributed by atoms with Gasteiger partial charge in [-0.3, -0.25) is 4.90 Å². The Morgan fingerprint density at radius 1 is 1.40 bits per heavy atom. The first-order chi connectivity index (χ1) is 7.31. The lowest BCUT2D eigenvalue weighted by atomic mass is 10.0. The van der Waals surface area contributed by atoms with Gasteiger partial charge in [0.2, 0.25) is 0 Å². The third-order valence-corrected chi connectivity index (χ3v) is 4.00. The number of rotatable bonds is 3. The van der Waals surface area contributed by atoms with Crippen LogP contribution in [0.3, 0.4) is 0 Å². The zero-order valence-electron chi connectivity index (χ0n) is 10.0. The number of hydrogen-bond acceptors (Lipinski definition) is 3. The second kappa shape index (κ2) is 5.28. The van der Waals surface area contributed by atoms with Gasteiger partial charge in [-0.25, -0.2) is 0 Å². The molecule has 0 spiro atoms. The maximum Gasteiger partial charge on any atom is 0.0619 e. The van der Waals surface area contributed by atoms with E-state index in [0.29, 0.717) is 6.04 Å². The van der Waals surface area contributed by atoms with E-state index in [4.69, 9.17) is 4.74 Å². The van der Waals surface area contributed by atoms with Gasteiger partial charge < -0.3 is 10.1 Å². The van der Waals surface area contributed by atoms with Crippen LogP contribution in [0.4, 0.5) is 0 Å². The lowest BCUT2D eigenvalue weighted by Gasteiger charge is -2.36. The van der Waals surface area contributed by atoms with E-state index in [0.717, 1.165) is 31.7 Å². The van der Waals surface area contributed by atoms with Crippen LogP contribution in [-0.4, -0.2) is 50.3 Å². The molecule has 3 heteroatoms. The van der Waals surface area contributed by atoms with Crippen LogP contribution in [0.5, 0.6) is 0 Å². The zero-order valence-corrected chi connectivity index (χ0v) is 10.0. The van der Waals surface area contributed by atoms with E-state index in [2.05, 4.69) is 24.2 Å². The van der Waals surface area contributed by atoms with Gasteiger partial charge in [0.1, 0.15) is 0 Å². The molecule has 1 saturated carbocycles. The van der Waals surface area contributed by atoms with Gasteiger partial charge in [0.25, 0.3) is 0 Å². The Kier molecular flexibility index (Phi) is 4.00. The van der Waals surface area contributed by atoms with Crippen molar-refractivity contribution in [3.05, 3.63) is 0 Å². The summed E-state index contributed by atoms with van der Waals surface area (Å²) in [7, 11) is 2.10. The van der Waals surface area contributed by atoms with Crippen LogP contribution < -0.4 is 5.32 Å². The van der Waals surface area contributed by atoms with Crippen molar-refractivity contribution in [3.8, 4) is 0 Å². The first kappa shape index (κ1) is 11.4. The Balaban J connectivity index is 1.84. The summed E-state index contributed by atoms with van der Waals surface area (Å²) in [5, 5.41) is 3.46. The molecule has 1 N–H and O–H groups in total. The van der Waals surface area contributed by atoms with Crippen molar-refractivity contribution in [1.82, 2.24) is 10.2 Å². The fourth-order valence-electron chi connectivity index (χ4n) is 2.97. The van der Waals surface area contributed by atoms with Crippen LogP contribution in [0.1, 0.15) is 26.2 Å². The predicted octanol–water partition coefficient (Wildman–Crippen LogP) is 1.10. The molecular formula is C12H24N2O. The predicted molar refractivity (Wildman–Crippen MR) is 62.0 cm³/mol. The molecule has 3 unspecified atom stereocenters. The largest absolute Gasteiger partial charge is 0.379 e. The molecular weight excluding hydrogens is 188 g/mol. The average molecular weight is 212 g/mol. The fraction of sp³-hybridized carbons (Fsp3) is 1.00. The van der Waals surface area contributed by atoms with Crippen molar-refractivity contribution in [1.29, 1.82) is 0 Å². The van der Waals surface area contributed by atoms with E-state index < -0.39 is 0 Å². The van der Waals surface area contributed by atoms with Crippen LogP contribution in [0.2, 0.25) is 0 Å². The second-order valence-corrected chi connectivity index (χ2v) is 5.01. The summed E-state index contributed by atoms with van der Waals surface area (Å²) in [6.07, 6.45) is 4.16. The van der Waals surface area contributed by atoms with Crippen LogP contribution in [0, 0.1) is 5.92 Å². The molecule has 0 amide bonds. The van der Waals surface area contributed by atoms with E-state index in [1.807, 2.05) is 0 Å². The lowest BCUT2D eigenvalue weighted by Crippen LogP contribution is -2.47. The van der Waals surface area contributed by atoms with Crippen LogP contribution in [-0.2, 0) is 4.74 Å². The minimum Gasteiger partial charge on any atom is -0.379 e. The summed E-state index contributed by atoms with van der Waals surface area (Å²) in [6.45, 7) is 6.49. The summed E-state index contributed by atoms with van der Waals surface area (Å²) >= 11 is 0. The molecule has 1 heterocycles. The Morgan fingerprint density at radius 3 is 3.00 bits per heavy atom. The number of morpholine rings is 1. The summed E-state index contributed by atoms with van der Waals surface area (Å²) in [5.41, 5.74) is 0. The Bertz CT molecular complexity index is 198. The number of nitrogens with zero attached hydrogens (tertiary/aromatic N) is 1. The van der Waals surface area contributed by atoms with Gasteiger partial charge in [-0.1, -0.05) is 6.42 Å². The minimum absolute atomic E-state index is 0.608. The summed E-state index contributed by atoms with van der Waals surface area (Å²) in [4.78, 5) is 2.60. The molecule has 2 aliphatic rings. The summed E-state index contributed by atoms with van der Waals surface area (Å²) < 4.78 is 5.47. The van der Waals surface area contributed by atoms with Crippen molar-refractivity contribution >= 4 is 0 Å². The number of nitrogens with one attached hydrogen (secondary N) is 1. The monoisotopic (exact) mass is 212 g/mol. The molecule has 0 aromatic rings. The van der Waals surface area contributed by atoms with E-state index >= 15 is 0 Å². The smallest absolute Gasteiger partial charge is 0.0619 e. The molecule has 0 aromatic carbocycles. The highest BCUT2D eigenvalue weighted by atomic mass is 16.5. The van der Waals surface area contributed by atoms with Crippen LogP contribution >= 0.6 is 0 Å². The quantitative estimate of drug-likeness (QED) is 0.758. The SMILES string of the molecule is CNC1CCCC1CN1CCOCC1C. The molecule has 0 radical (unpaired) electrons. The molecule has 3 atom stereocenters.